The minimum Gasteiger partial charge on any atom is -0.455 e. The fourth-order valence-electron chi connectivity index (χ4n) is 8.25. The van der Waals surface area contributed by atoms with Crippen molar-refractivity contribution in [2.24, 2.45) is 11.8 Å². The van der Waals surface area contributed by atoms with Crippen molar-refractivity contribution in [1.29, 1.82) is 0 Å². The summed E-state index contributed by atoms with van der Waals surface area (Å²) in [6.07, 6.45) is 4.31. The van der Waals surface area contributed by atoms with Gasteiger partial charge in [-0.2, -0.15) is 0 Å². The monoisotopic (exact) mass is 767 g/mol. The van der Waals surface area contributed by atoms with Crippen LogP contribution >= 0.6 is 15.9 Å². The average molecular weight is 769 g/mol. The quantitative estimate of drug-likeness (QED) is 0.264. The molecule has 0 saturated carbocycles. The van der Waals surface area contributed by atoms with Crippen molar-refractivity contribution in [3.8, 4) is 0 Å². The minimum atomic E-state index is -1.56. The smallest absolute Gasteiger partial charge is 0.313 e. The van der Waals surface area contributed by atoms with E-state index in [1.807, 2.05) is 92.7 Å². The van der Waals surface area contributed by atoms with Crippen LogP contribution in [0.5, 0.6) is 0 Å². The zero-order chi connectivity index (χ0) is 36.7. The van der Waals surface area contributed by atoms with Gasteiger partial charge in [0.25, 0.3) is 5.91 Å². The fourth-order valence-corrected chi connectivity index (χ4v) is 8.99. The number of aryl methyl sites for hydroxylation is 2. The molecule has 52 heavy (non-hydrogen) atoms. The third-order valence-electron chi connectivity index (χ3n) is 10.7. The van der Waals surface area contributed by atoms with E-state index in [0.717, 1.165) is 11.1 Å². The zero-order valence-corrected chi connectivity index (χ0v) is 30.9. The number of allylic oxidation sites excluding steroid dienone is 1. The molecule has 2 saturated heterocycles. The second-order valence-electron chi connectivity index (χ2n) is 14.1. The van der Waals surface area contributed by atoms with Crippen molar-refractivity contribution in [2.75, 3.05) is 18.1 Å². The maximum absolute atomic E-state index is 15.4. The molecule has 4 heterocycles. The standard InChI is InChI=1S/C41H42BrN3O7/c1-24-18-19-25(2)30(21-24)44-20-12-6-11-17-32(47)43-26(3)35(28-15-9-5-10-16-28)51-40(50)33-34-38(48)45(31(23-46)27-13-7-4-8-14-27)37(39(44)49)41(34)22-29(42)36(33)52-41/h4-10,12-16,18-19,21-22,26,31,33-37,46H,11,17,20,23H2,1-3H3,(H,43,47)/b12-6-/t26-,31+,33+,34-,35+,36+,37+,41-/m0/s1. The molecular formula is C41H42BrN3O7. The number of cyclic esters (lactones) is 1. The molecule has 8 atom stereocenters. The Morgan fingerprint density at radius 2 is 1.65 bits per heavy atom. The first-order chi connectivity index (χ1) is 25.1. The van der Waals surface area contributed by atoms with Crippen molar-refractivity contribution in [1.82, 2.24) is 10.2 Å². The Morgan fingerprint density at radius 3 is 2.37 bits per heavy atom. The summed E-state index contributed by atoms with van der Waals surface area (Å²) >= 11 is 3.63. The number of rotatable bonds is 5. The molecule has 3 amide bonds. The lowest BCUT2D eigenvalue weighted by molar-refractivity contribution is -0.161. The van der Waals surface area contributed by atoms with Crippen LogP contribution < -0.4 is 10.2 Å². The lowest BCUT2D eigenvalue weighted by Gasteiger charge is -2.39. The second kappa shape index (κ2) is 14.4. The number of ether oxygens (including phenoxy) is 2. The van der Waals surface area contributed by atoms with Gasteiger partial charge < -0.3 is 29.7 Å². The van der Waals surface area contributed by atoms with Gasteiger partial charge in [-0.3, -0.25) is 19.2 Å². The number of aliphatic hydroxyl groups is 1. The second-order valence-corrected chi connectivity index (χ2v) is 15.0. The van der Waals surface area contributed by atoms with Gasteiger partial charge >= 0.3 is 5.97 Å². The molecule has 7 rings (SSSR count). The van der Waals surface area contributed by atoms with Crippen molar-refractivity contribution < 1.29 is 33.8 Å². The number of esters is 1. The number of halogens is 1. The molecule has 3 aromatic rings. The number of likely N-dealkylation sites (tertiary alicyclic amines) is 1. The van der Waals surface area contributed by atoms with E-state index in [2.05, 4.69) is 21.2 Å². The SMILES string of the molecule is Cc1ccc(C)c(N2C/C=C\CCC(=O)N[C@@H](C)[C@H](c3ccccc3)OC(=O)[C@H]3[C@@H]4O[C@@]5(C=C4Br)[C@@H]3C(=O)N([C@H](CO)c3ccccc3)[C@@H]5C2=O)c1. The Labute approximate surface area is 311 Å². The van der Waals surface area contributed by atoms with Gasteiger partial charge in [-0.25, -0.2) is 0 Å². The van der Waals surface area contributed by atoms with Gasteiger partial charge in [0, 0.05) is 23.1 Å². The summed E-state index contributed by atoms with van der Waals surface area (Å²) < 4.78 is 13.6. The fraction of sp³-hybridized carbons (Fsp3) is 0.366. The number of anilines is 1. The average Bonchev–Trinajstić information content (AvgIpc) is 3.73. The molecule has 4 aliphatic heterocycles. The molecule has 0 unspecified atom stereocenters. The van der Waals surface area contributed by atoms with Gasteiger partial charge in [0.1, 0.15) is 29.8 Å². The lowest BCUT2D eigenvalue weighted by atomic mass is 9.74. The van der Waals surface area contributed by atoms with Gasteiger partial charge in [-0.15, -0.1) is 0 Å². The number of aliphatic hydroxyl groups excluding tert-OH is 1. The Balaban J connectivity index is 1.40. The number of benzene rings is 3. The van der Waals surface area contributed by atoms with Crippen LogP contribution in [-0.2, 0) is 28.7 Å². The Kier molecular flexibility index (Phi) is 9.95. The normalized spacial score (nSPS) is 30.4. The van der Waals surface area contributed by atoms with E-state index in [0.29, 0.717) is 27.7 Å². The van der Waals surface area contributed by atoms with Crippen molar-refractivity contribution in [3.63, 3.8) is 0 Å². The van der Waals surface area contributed by atoms with Crippen molar-refractivity contribution in [2.45, 2.75) is 69.5 Å². The van der Waals surface area contributed by atoms with Crippen LogP contribution in [0.1, 0.15) is 54.2 Å². The number of carbonyl (C=O) groups is 4. The zero-order valence-electron chi connectivity index (χ0n) is 29.3. The third-order valence-corrected chi connectivity index (χ3v) is 11.4. The first-order valence-corrected chi connectivity index (χ1v) is 18.5. The van der Waals surface area contributed by atoms with E-state index in [-0.39, 0.29) is 18.9 Å². The van der Waals surface area contributed by atoms with Gasteiger partial charge in [0.15, 0.2) is 0 Å². The highest BCUT2D eigenvalue weighted by atomic mass is 79.9. The van der Waals surface area contributed by atoms with E-state index in [1.54, 1.807) is 30.0 Å². The number of fused-ring (bicyclic) bond motifs is 2. The van der Waals surface area contributed by atoms with Gasteiger partial charge in [0.05, 0.1) is 24.6 Å². The largest absolute Gasteiger partial charge is 0.455 e. The van der Waals surface area contributed by atoms with E-state index < -0.39 is 72.2 Å². The molecule has 270 valence electrons. The number of nitrogens with zero attached hydrogens (tertiary/aromatic N) is 2. The molecule has 11 heteroatoms. The number of hydrogen-bond acceptors (Lipinski definition) is 7. The van der Waals surface area contributed by atoms with Crippen LogP contribution in [0.25, 0.3) is 0 Å². The van der Waals surface area contributed by atoms with Crippen molar-refractivity contribution >= 4 is 45.3 Å². The molecule has 3 aromatic carbocycles. The molecule has 4 aliphatic rings. The van der Waals surface area contributed by atoms with Gasteiger partial charge in [-0.1, -0.05) is 101 Å². The number of hydrogen-bond donors (Lipinski definition) is 2. The Morgan fingerprint density at radius 1 is 0.942 bits per heavy atom. The summed E-state index contributed by atoms with van der Waals surface area (Å²) in [4.78, 5) is 61.3. The topological polar surface area (TPSA) is 125 Å². The molecular weight excluding hydrogens is 726 g/mol. The van der Waals surface area contributed by atoms with Crippen LogP contribution in [0.4, 0.5) is 5.69 Å². The molecule has 0 aliphatic carbocycles. The van der Waals surface area contributed by atoms with Crippen LogP contribution in [0.2, 0.25) is 0 Å². The summed E-state index contributed by atoms with van der Waals surface area (Å²) in [6, 6.07) is 21.3. The summed E-state index contributed by atoms with van der Waals surface area (Å²) in [5.41, 5.74) is 2.20. The third kappa shape index (κ3) is 6.18. The predicted octanol–water partition coefficient (Wildman–Crippen LogP) is 5.38. The van der Waals surface area contributed by atoms with E-state index >= 15 is 9.59 Å². The number of amides is 3. The van der Waals surface area contributed by atoms with Crippen LogP contribution in [-0.4, -0.2) is 70.6 Å². The van der Waals surface area contributed by atoms with Gasteiger partial charge in [-0.05, 0) is 61.6 Å². The predicted molar refractivity (Wildman–Crippen MR) is 198 cm³/mol. The van der Waals surface area contributed by atoms with Crippen LogP contribution in [0, 0.1) is 25.7 Å². The molecule has 5 bridgehead atoms. The van der Waals surface area contributed by atoms with E-state index in [9.17, 15) is 14.7 Å². The summed E-state index contributed by atoms with van der Waals surface area (Å²) in [5, 5.41) is 14.0. The van der Waals surface area contributed by atoms with E-state index in [1.165, 1.54) is 4.90 Å². The maximum Gasteiger partial charge on any atom is 0.313 e. The number of nitrogens with one attached hydrogen (secondary N) is 1. The molecule has 2 N–H and O–H groups in total. The first kappa shape index (κ1) is 35.8. The Bertz CT molecular complexity index is 1930. The highest BCUT2D eigenvalue weighted by Crippen LogP contribution is 2.60. The maximum atomic E-state index is 15.4. The van der Waals surface area contributed by atoms with Crippen molar-refractivity contribution in [3.05, 3.63) is 124 Å². The molecule has 10 nitrogen and oxygen atoms in total. The van der Waals surface area contributed by atoms with Crippen LogP contribution in [0.3, 0.4) is 0 Å². The first-order valence-electron chi connectivity index (χ1n) is 17.7. The highest BCUT2D eigenvalue weighted by molar-refractivity contribution is 9.11. The van der Waals surface area contributed by atoms with Gasteiger partial charge in [0.2, 0.25) is 11.8 Å². The van der Waals surface area contributed by atoms with Crippen LogP contribution in [0.15, 0.2) is 102 Å². The summed E-state index contributed by atoms with van der Waals surface area (Å²) in [7, 11) is 0. The highest BCUT2D eigenvalue weighted by Gasteiger charge is 2.75. The molecule has 2 fully saturated rings. The van der Waals surface area contributed by atoms with E-state index in [4.69, 9.17) is 9.47 Å². The lowest BCUT2D eigenvalue weighted by Crippen LogP contribution is -2.57. The molecule has 0 radical (unpaired) electrons. The molecule has 1 spiro atoms. The Hall–Kier alpha value is -4.58. The number of carbonyl (C=O) groups excluding carboxylic acids is 4. The molecule has 0 aromatic heterocycles. The summed E-state index contributed by atoms with van der Waals surface area (Å²) in [5.74, 6) is -4.07. The summed E-state index contributed by atoms with van der Waals surface area (Å²) in [6.45, 7) is 5.32. The minimum absolute atomic E-state index is 0.144.